The summed E-state index contributed by atoms with van der Waals surface area (Å²) in [6.45, 7) is 1.14. The minimum Gasteiger partial charge on any atom is -0.351 e. The molecule has 29 heavy (non-hydrogen) atoms. The second-order valence-corrected chi connectivity index (χ2v) is 7.70. The predicted octanol–water partition coefficient (Wildman–Crippen LogP) is 2.37. The molecule has 0 aliphatic rings. The smallest absolute Gasteiger partial charge is 0.351 e. The summed E-state index contributed by atoms with van der Waals surface area (Å²) >= 11 is 0. The Morgan fingerprint density at radius 1 is 0.931 bits per heavy atom. The molecule has 0 atom stereocenters. The van der Waals surface area contributed by atoms with Gasteiger partial charge in [0.15, 0.2) is 0 Å². The van der Waals surface area contributed by atoms with Gasteiger partial charge in [-0.25, -0.2) is 13.1 Å². The Morgan fingerprint density at radius 2 is 1.52 bits per heavy atom. The van der Waals surface area contributed by atoms with E-state index in [2.05, 4.69) is 15.4 Å². The van der Waals surface area contributed by atoms with Gasteiger partial charge in [0.05, 0.1) is 10.5 Å². The lowest BCUT2D eigenvalue weighted by molar-refractivity contribution is -0.137. The molecule has 2 rings (SSSR count). The highest BCUT2D eigenvalue weighted by molar-refractivity contribution is 7.89. The number of hydrogen-bond acceptors (Lipinski definition) is 4. The molecule has 0 heterocycles. The number of hydrogen-bond donors (Lipinski definition) is 3. The Morgan fingerprint density at radius 3 is 2.03 bits per heavy atom. The number of amides is 2. The number of carbonyl (C=O) groups excluding carboxylic acids is 2. The van der Waals surface area contributed by atoms with Crippen molar-refractivity contribution in [1.82, 2.24) is 10.0 Å². The average molecular weight is 429 g/mol. The van der Waals surface area contributed by atoms with Gasteiger partial charge >= 0.3 is 6.18 Å². The number of halogens is 3. The van der Waals surface area contributed by atoms with Gasteiger partial charge in [0.25, 0.3) is 5.91 Å². The normalized spacial score (nSPS) is 11.7. The van der Waals surface area contributed by atoms with Crippen LogP contribution in [0, 0.1) is 0 Å². The van der Waals surface area contributed by atoms with Crippen LogP contribution in [0.2, 0.25) is 0 Å². The van der Waals surface area contributed by atoms with Gasteiger partial charge in [-0.15, -0.1) is 0 Å². The third-order valence-electron chi connectivity index (χ3n) is 3.66. The molecule has 11 heteroatoms. The van der Waals surface area contributed by atoms with Crippen LogP contribution in [0.1, 0.15) is 22.8 Å². The first kappa shape index (κ1) is 22.4. The Kier molecular flexibility index (Phi) is 6.98. The van der Waals surface area contributed by atoms with Gasteiger partial charge in [-0.2, -0.15) is 13.2 Å². The van der Waals surface area contributed by atoms with Gasteiger partial charge in [0, 0.05) is 31.3 Å². The van der Waals surface area contributed by atoms with Gasteiger partial charge < -0.3 is 10.6 Å². The van der Waals surface area contributed by atoms with E-state index < -0.39 is 27.7 Å². The Labute approximate surface area is 165 Å². The van der Waals surface area contributed by atoms with Crippen molar-refractivity contribution in [3.05, 3.63) is 59.7 Å². The minimum atomic E-state index is -4.49. The van der Waals surface area contributed by atoms with Crippen molar-refractivity contribution < 1.29 is 31.2 Å². The lowest BCUT2D eigenvalue weighted by Crippen LogP contribution is -2.34. The Balaban J connectivity index is 1.85. The van der Waals surface area contributed by atoms with E-state index in [-0.39, 0.29) is 29.5 Å². The molecule has 0 bridgehead atoms. The average Bonchev–Trinajstić information content (AvgIpc) is 2.64. The van der Waals surface area contributed by atoms with Gasteiger partial charge in [-0.05, 0) is 48.5 Å². The maximum atomic E-state index is 12.5. The highest BCUT2D eigenvalue weighted by atomic mass is 32.2. The summed E-state index contributed by atoms with van der Waals surface area (Å²) in [5.74, 6) is -0.917. The molecule has 0 saturated carbocycles. The molecule has 3 N–H and O–H groups in total. The van der Waals surface area contributed by atoms with Crippen LogP contribution in [-0.2, 0) is 21.0 Å². The molecule has 156 valence electrons. The summed E-state index contributed by atoms with van der Waals surface area (Å²) in [5, 5.41) is 4.93. The van der Waals surface area contributed by atoms with E-state index in [1.807, 2.05) is 0 Å². The zero-order valence-electron chi connectivity index (χ0n) is 15.2. The third kappa shape index (κ3) is 6.57. The molecule has 0 radical (unpaired) electrons. The number of alkyl halides is 3. The molecule has 0 aliphatic carbocycles. The summed E-state index contributed by atoms with van der Waals surface area (Å²) in [6, 6.07) is 9.16. The first-order valence-electron chi connectivity index (χ1n) is 8.32. The summed E-state index contributed by atoms with van der Waals surface area (Å²) in [6.07, 6.45) is -4.49. The van der Waals surface area contributed by atoms with Crippen LogP contribution in [0.25, 0.3) is 0 Å². The number of sulfonamides is 1. The second-order valence-electron chi connectivity index (χ2n) is 5.93. The molecule has 2 aromatic rings. The first-order valence-corrected chi connectivity index (χ1v) is 9.80. The fourth-order valence-electron chi connectivity index (χ4n) is 2.28. The summed E-state index contributed by atoms with van der Waals surface area (Å²) < 4.78 is 64.2. The fraction of sp³-hybridized carbons (Fsp3) is 0.222. The van der Waals surface area contributed by atoms with Crippen molar-refractivity contribution in [2.75, 3.05) is 18.4 Å². The van der Waals surface area contributed by atoms with Gasteiger partial charge in [-0.1, -0.05) is 0 Å². The van der Waals surface area contributed by atoms with Crippen LogP contribution >= 0.6 is 0 Å². The maximum absolute atomic E-state index is 12.5. The quantitative estimate of drug-likeness (QED) is 0.588. The van der Waals surface area contributed by atoms with Crippen LogP contribution in [0.15, 0.2) is 53.4 Å². The molecule has 2 aromatic carbocycles. The number of nitrogens with one attached hydrogen (secondary N) is 3. The van der Waals surface area contributed by atoms with Crippen molar-refractivity contribution in [2.24, 2.45) is 0 Å². The topological polar surface area (TPSA) is 104 Å². The first-order chi connectivity index (χ1) is 13.5. The molecule has 0 unspecified atom stereocenters. The van der Waals surface area contributed by atoms with Crippen molar-refractivity contribution in [2.45, 2.75) is 18.0 Å². The van der Waals surface area contributed by atoms with E-state index >= 15 is 0 Å². The van der Waals surface area contributed by atoms with Crippen LogP contribution < -0.4 is 15.4 Å². The van der Waals surface area contributed by atoms with E-state index in [1.54, 1.807) is 0 Å². The molecule has 0 aromatic heterocycles. The molecule has 0 saturated heterocycles. The van der Waals surface area contributed by atoms with E-state index in [9.17, 15) is 31.2 Å². The second kappa shape index (κ2) is 9.05. The molecule has 0 fully saturated rings. The van der Waals surface area contributed by atoms with Crippen molar-refractivity contribution in [3.8, 4) is 0 Å². The zero-order chi connectivity index (χ0) is 21.7. The number of rotatable bonds is 7. The Hall–Kier alpha value is -2.92. The molecular weight excluding hydrogens is 411 g/mol. The van der Waals surface area contributed by atoms with Gasteiger partial charge in [-0.3, -0.25) is 9.59 Å². The predicted molar refractivity (Wildman–Crippen MR) is 99.7 cm³/mol. The summed E-state index contributed by atoms with van der Waals surface area (Å²) in [5.41, 5.74) is -0.402. The lowest BCUT2D eigenvalue weighted by atomic mass is 10.1. The van der Waals surface area contributed by atoms with E-state index in [1.165, 1.54) is 31.2 Å². The fourth-order valence-corrected chi connectivity index (χ4v) is 3.31. The zero-order valence-corrected chi connectivity index (χ0v) is 16.0. The molecule has 0 spiro atoms. The van der Waals surface area contributed by atoms with Gasteiger partial charge in [0.1, 0.15) is 0 Å². The summed E-state index contributed by atoms with van der Waals surface area (Å²) in [4.78, 5) is 22.9. The maximum Gasteiger partial charge on any atom is 0.416 e. The standard InChI is InChI=1S/C18H18F3N3O4S/c1-12(25)24-15-6-8-16(9-7-15)29(27,28)23-11-10-22-17(26)13-2-4-14(5-3-13)18(19,20)21/h2-9,23H,10-11H2,1H3,(H,22,26)(H,24,25). The molecule has 7 nitrogen and oxygen atoms in total. The van der Waals surface area contributed by atoms with E-state index in [0.29, 0.717) is 5.69 Å². The largest absolute Gasteiger partial charge is 0.416 e. The van der Waals surface area contributed by atoms with Crippen LogP contribution in [0.3, 0.4) is 0 Å². The highest BCUT2D eigenvalue weighted by Gasteiger charge is 2.30. The molecular formula is C18H18F3N3O4S. The van der Waals surface area contributed by atoms with Crippen LogP contribution in [0.4, 0.5) is 18.9 Å². The van der Waals surface area contributed by atoms with Gasteiger partial charge in [0.2, 0.25) is 15.9 Å². The number of carbonyl (C=O) groups is 2. The summed E-state index contributed by atoms with van der Waals surface area (Å²) in [7, 11) is -3.83. The van der Waals surface area contributed by atoms with Crippen LogP contribution in [-0.4, -0.2) is 33.3 Å². The highest BCUT2D eigenvalue weighted by Crippen LogP contribution is 2.29. The van der Waals surface area contributed by atoms with Crippen molar-refractivity contribution in [1.29, 1.82) is 0 Å². The van der Waals surface area contributed by atoms with Crippen LogP contribution in [0.5, 0.6) is 0 Å². The SMILES string of the molecule is CC(=O)Nc1ccc(S(=O)(=O)NCCNC(=O)c2ccc(C(F)(F)F)cc2)cc1. The van der Waals surface area contributed by atoms with Crippen molar-refractivity contribution >= 4 is 27.5 Å². The monoisotopic (exact) mass is 429 g/mol. The van der Waals surface area contributed by atoms with E-state index in [4.69, 9.17) is 0 Å². The molecule has 2 amide bonds. The minimum absolute atomic E-state index is 0.0226. The number of benzene rings is 2. The third-order valence-corrected chi connectivity index (χ3v) is 5.14. The Bertz CT molecular complexity index is 973. The van der Waals surface area contributed by atoms with E-state index in [0.717, 1.165) is 24.3 Å². The lowest BCUT2D eigenvalue weighted by Gasteiger charge is -2.10. The number of anilines is 1. The van der Waals surface area contributed by atoms with Crippen molar-refractivity contribution in [3.63, 3.8) is 0 Å². The molecule has 0 aliphatic heterocycles.